The van der Waals surface area contributed by atoms with Gasteiger partial charge in [-0.05, 0) is 30.0 Å². The Bertz CT molecular complexity index is 595. The van der Waals surface area contributed by atoms with Gasteiger partial charge in [0.05, 0.1) is 7.11 Å². The highest BCUT2D eigenvalue weighted by atomic mass is 16.5. The monoisotopic (exact) mass is 260 g/mol. The Morgan fingerprint density at radius 3 is 2.42 bits per heavy atom. The smallest absolute Gasteiger partial charge is 0.292 e. The number of nitrogens with two attached hydrogens (primary N) is 1. The molecule has 0 aliphatic heterocycles. The Balaban J connectivity index is 2.63. The lowest BCUT2D eigenvalue weighted by molar-refractivity contribution is 0.397. The minimum Gasteiger partial charge on any atom is -0.496 e. The molecule has 0 amide bonds. The molecule has 0 radical (unpaired) electrons. The summed E-state index contributed by atoms with van der Waals surface area (Å²) >= 11 is 0. The topological polar surface area (TPSA) is 61.3 Å². The first-order valence-corrected chi connectivity index (χ1v) is 6.23. The molecule has 0 bridgehead atoms. The van der Waals surface area contributed by atoms with Gasteiger partial charge in [0.1, 0.15) is 17.7 Å². The van der Waals surface area contributed by atoms with E-state index < -0.39 is 0 Å². The second-order valence-electron chi connectivity index (χ2n) is 5.69. The van der Waals surface area contributed by atoms with Gasteiger partial charge in [0.2, 0.25) is 0 Å². The van der Waals surface area contributed by atoms with Crippen LogP contribution in [0.25, 0.3) is 11.3 Å². The number of aromatic nitrogens is 1. The van der Waals surface area contributed by atoms with Crippen molar-refractivity contribution in [3.05, 3.63) is 29.5 Å². The number of nitrogen functional groups attached to an aromatic ring is 1. The predicted molar refractivity (Wildman–Crippen MR) is 76.3 cm³/mol. The van der Waals surface area contributed by atoms with E-state index in [0.717, 1.165) is 28.1 Å². The highest BCUT2D eigenvalue weighted by molar-refractivity contribution is 5.67. The van der Waals surface area contributed by atoms with Crippen LogP contribution in [-0.2, 0) is 5.41 Å². The number of hydrogen-bond acceptors (Lipinski definition) is 4. The third kappa shape index (κ3) is 2.57. The van der Waals surface area contributed by atoms with Crippen LogP contribution in [0.4, 0.5) is 6.01 Å². The van der Waals surface area contributed by atoms with Gasteiger partial charge in [0.15, 0.2) is 0 Å². The first kappa shape index (κ1) is 13.5. The van der Waals surface area contributed by atoms with Gasteiger partial charge in [-0.25, -0.2) is 0 Å². The molecular formula is C15H20N2O2. The van der Waals surface area contributed by atoms with Gasteiger partial charge in [-0.2, -0.15) is 4.98 Å². The van der Waals surface area contributed by atoms with E-state index in [0.29, 0.717) is 0 Å². The van der Waals surface area contributed by atoms with Crippen LogP contribution >= 0.6 is 0 Å². The summed E-state index contributed by atoms with van der Waals surface area (Å²) in [6.45, 7) is 8.48. The summed E-state index contributed by atoms with van der Waals surface area (Å²) in [7, 11) is 1.69. The Morgan fingerprint density at radius 1 is 1.26 bits per heavy atom. The number of nitrogens with zero attached hydrogens (tertiary/aromatic N) is 1. The number of rotatable bonds is 2. The molecule has 2 aromatic rings. The summed E-state index contributed by atoms with van der Waals surface area (Å²) in [5, 5.41) is 0. The summed E-state index contributed by atoms with van der Waals surface area (Å²) in [6.07, 6.45) is 1.58. The minimum absolute atomic E-state index is 0.0108. The van der Waals surface area contributed by atoms with E-state index >= 15 is 0 Å². The molecule has 0 aliphatic rings. The van der Waals surface area contributed by atoms with E-state index in [1.807, 2.05) is 13.0 Å². The maximum atomic E-state index is 5.54. The molecule has 4 heteroatoms. The Labute approximate surface area is 113 Å². The highest BCUT2D eigenvalue weighted by Crippen LogP contribution is 2.36. The van der Waals surface area contributed by atoms with E-state index in [-0.39, 0.29) is 11.4 Å². The second kappa shape index (κ2) is 4.61. The minimum atomic E-state index is -0.0108. The molecule has 4 nitrogen and oxygen atoms in total. The number of aryl methyl sites for hydroxylation is 1. The Morgan fingerprint density at radius 2 is 1.95 bits per heavy atom. The quantitative estimate of drug-likeness (QED) is 0.897. The fourth-order valence-corrected chi connectivity index (χ4v) is 2.12. The van der Waals surface area contributed by atoms with Crippen molar-refractivity contribution in [1.29, 1.82) is 0 Å². The zero-order valence-corrected chi connectivity index (χ0v) is 12.1. The van der Waals surface area contributed by atoms with Crippen LogP contribution in [0, 0.1) is 6.92 Å². The third-order valence-electron chi connectivity index (χ3n) is 3.15. The van der Waals surface area contributed by atoms with Crippen LogP contribution in [0.3, 0.4) is 0 Å². The van der Waals surface area contributed by atoms with Crippen molar-refractivity contribution in [3.8, 4) is 17.0 Å². The van der Waals surface area contributed by atoms with Gasteiger partial charge in [0, 0.05) is 11.1 Å². The number of ether oxygens (including phenoxy) is 1. The summed E-state index contributed by atoms with van der Waals surface area (Å²) in [5.41, 5.74) is 9.52. The fraction of sp³-hybridized carbons (Fsp3) is 0.400. The first-order valence-electron chi connectivity index (χ1n) is 6.23. The van der Waals surface area contributed by atoms with Gasteiger partial charge in [0.25, 0.3) is 6.01 Å². The third-order valence-corrected chi connectivity index (χ3v) is 3.15. The van der Waals surface area contributed by atoms with Crippen LogP contribution in [0.5, 0.6) is 5.75 Å². The molecule has 102 valence electrons. The van der Waals surface area contributed by atoms with Gasteiger partial charge in [-0.3, -0.25) is 0 Å². The zero-order valence-electron chi connectivity index (χ0n) is 12.1. The SMILES string of the molecule is COc1cc(C)c(-c2coc(N)n2)cc1C(C)(C)C. The van der Waals surface area contributed by atoms with Crippen molar-refractivity contribution >= 4 is 6.01 Å². The molecular weight excluding hydrogens is 240 g/mol. The fourth-order valence-electron chi connectivity index (χ4n) is 2.12. The van der Waals surface area contributed by atoms with Crippen molar-refractivity contribution in [2.75, 3.05) is 12.8 Å². The van der Waals surface area contributed by atoms with Gasteiger partial charge in [-0.1, -0.05) is 20.8 Å². The summed E-state index contributed by atoms with van der Waals surface area (Å²) in [5.74, 6) is 0.894. The number of anilines is 1. The molecule has 2 rings (SSSR count). The highest BCUT2D eigenvalue weighted by Gasteiger charge is 2.21. The number of hydrogen-bond donors (Lipinski definition) is 1. The van der Waals surface area contributed by atoms with E-state index in [1.54, 1.807) is 13.4 Å². The predicted octanol–water partition coefficient (Wildman–Crippen LogP) is 3.54. The van der Waals surface area contributed by atoms with E-state index in [9.17, 15) is 0 Å². The van der Waals surface area contributed by atoms with Crippen molar-refractivity contribution < 1.29 is 9.15 Å². The van der Waals surface area contributed by atoms with Crippen LogP contribution < -0.4 is 10.5 Å². The van der Waals surface area contributed by atoms with E-state index in [1.165, 1.54) is 0 Å². The second-order valence-corrected chi connectivity index (χ2v) is 5.69. The van der Waals surface area contributed by atoms with Crippen molar-refractivity contribution in [3.63, 3.8) is 0 Å². The number of oxazole rings is 1. The molecule has 0 aliphatic carbocycles. The number of methoxy groups -OCH3 is 1. The molecule has 0 saturated heterocycles. The molecule has 0 saturated carbocycles. The van der Waals surface area contributed by atoms with Gasteiger partial charge >= 0.3 is 0 Å². The Hall–Kier alpha value is -1.97. The number of benzene rings is 1. The van der Waals surface area contributed by atoms with Crippen LogP contribution in [0.1, 0.15) is 31.9 Å². The summed E-state index contributed by atoms with van der Waals surface area (Å²) in [6, 6.07) is 4.31. The maximum absolute atomic E-state index is 5.54. The standard InChI is InChI=1S/C15H20N2O2/c1-9-6-13(18-5)11(15(2,3)4)7-10(9)12-8-19-14(16)17-12/h6-8H,1-5H3,(H2,16,17). The Kier molecular flexibility index (Phi) is 3.27. The lowest BCUT2D eigenvalue weighted by Gasteiger charge is -2.23. The van der Waals surface area contributed by atoms with Crippen molar-refractivity contribution in [2.45, 2.75) is 33.1 Å². The van der Waals surface area contributed by atoms with Crippen molar-refractivity contribution in [1.82, 2.24) is 4.98 Å². The average molecular weight is 260 g/mol. The normalized spacial score (nSPS) is 11.6. The maximum Gasteiger partial charge on any atom is 0.292 e. The molecule has 1 aromatic carbocycles. The van der Waals surface area contributed by atoms with E-state index in [4.69, 9.17) is 14.9 Å². The van der Waals surface area contributed by atoms with Gasteiger partial charge < -0.3 is 14.9 Å². The van der Waals surface area contributed by atoms with Gasteiger partial charge in [-0.15, -0.1) is 0 Å². The lowest BCUT2D eigenvalue weighted by Crippen LogP contribution is -2.13. The van der Waals surface area contributed by atoms with E-state index in [2.05, 4.69) is 31.8 Å². The summed E-state index contributed by atoms with van der Waals surface area (Å²) < 4.78 is 10.6. The lowest BCUT2D eigenvalue weighted by atomic mass is 9.84. The van der Waals surface area contributed by atoms with Crippen LogP contribution in [-0.4, -0.2) is 12.1 Å². The zero-order chi connectivity index (χ0) is 14.2. The molecule has 1 aromatic heterocycles. The molecule has 0 atom stereocenters. The molecule has 19 heavy (non-hydrogen) atoms. The molecule has 0 unspecified atom stereocenters. The molecule has 2 N–H and O–H groups in total. The largest absolute Gasteiger partial charge is 0.496 e. The van der Waals surface area contributed by atoms with Crippen molar-refractivity contribution in [2.24, 2.45) is 0 Å². The molecule has 1 heterocycles. The van der Waals surface area contributed by atoms with Crippen LogP contribution in [0.15, 0.2) is 22.8 Å². The molecule has 0 fully saturated rings. The summed E-state index contributed by atoms with van der Waals surface area (Å²) in [4.78, 5) is 4.19. The average Bonchev–Trinajstić information content (AvgIpc) is 2.73. The molecule has 0 spiro atoms. The van der Waals surface area contributed by atoms with Crippen LogP contribution in [0.2, 0.25) is 0 Å². The first-order chi connectivity index (χ1) is 8.82.